The van der Waals surface area contributed by atoms with Gasteiger partial charge in [-0.3, -0.25) is 4.40 Å². The number of nitrogens with one attached hydrogen (secondary N) is 1. The molecule has 2 aromatic heterocycles. The SMILES string of the molecule is Cc1nc2cccc(C)n2c1NC1CCCC1. The second-order valence-corrected chi connectivity index (χ2v) is 5.03. The van der Waals surface area contributed by atoms with Gasteiger partial charge in [0.15, 0.2) is 0 Å². The molecule has 0 aromatic carbocycles. The third-order valence-electron chi connectivity index (χ3n) is 3.71. The van der Waals surface area contributed by atoms with E-state index < -0.39 is 0 Å². The lowest BCUT2D eigenvalue weighted by Gasteiger charge is -2.14. The molecule has 0 spiro atoms. The van der Waals surface area contributed by atoms with Crippen molar-refractivity contribution in [1.82, 2.24) is 9.38 Å². The van der Waals surface area contributed by atoms with Crippen LogP contribution >= 0.6 is 0 Å². The summed E-state index contributed by atoms with van der Waals surface area (Å²) < 4.78 is 2.23. The fourth-order valence-electron chi connectivity index (χ4n) is 2.80. The molecule has 2 heterocycles. The van der Waals surface area contributed by atoms with Gasteiger partial charge in [0.1, 0.15) is 11.5 Å². The quantitative estimate of drug-likeness (QED) is 0.856. The molecule has 1 aliphatic carbocycles. The van der Waals surface area contributed by atoms with Crippen molar-refractivity contribution in [3.05, 3.63) is 29.6 Å². The van der Waals surface area contributed by atoms with Crippen LogP contribution in [0.3, 0.4) is 0 Å². The van der Waals surface area contributed by atoms with Crippen molar-refractivity contribution in [1.29, 1.82) is 0 Å². The van der Waals surface area contributed by atoms with Crippen LogP contribution in [-0.4, -0.2) is 15.4 Å². The summed E-state index contributed by atoms with van der Waals surface area (Å²) in [5, 5.41) is 3.67. The first-order valence-electron chi connectivity index (χ1n) is 6.47. The van der Waals surface area contributed by atoms with Crippen molar-refractivity contribution in [2.45, 2.75) is 45.6 Å². The average molecular weight is 229 g/mol. The lowest BCUT2D eigenvalue weighted by molar-refractivity contribution is 0.746. The number of pyridine rings is 1. The summed E-state index contributed by atoms with van der Waals surface area (Å²) in [4.78, 5) is 4.62. The minimum atomic E-state index is 0.633. The van der Waals surface area contributed by atoms with Gasteiger partial charge in [-0.1, -0.05) is 18.9 Å². The molecule has 1 fully saturated rings. The maximum absolute atomic E-state index is 4.62. The minimum absolute atomic E-state index is 0.633. The Kier molecular flexibility index (Phi) is 2.54. The Morgan fingerprint density at radius 1 is 1.24 bits per heavy atom. The number of hydrogen-bond acceptors (Lipinski definition) is 2. The summed E-state index contributed by atoms with van der Waals surface area (Å²) in [6.45, 7) is 4.22. The number of fused-ring (bicyclic) bond motifs is 1. The molecular weight excluding hydrogens is 210 g/mol. The van der Waals surface area contributed by atoms with Crippen LogP contribution in [0, 0.1) is 13.8 Å². The smallest absolute Gasteiger partial charge is 0.138 e. The second kappa shape index (κ2) is 4.06. The van der Waals surface area contributed by atoms with Crippen LogP contribution in [0.4, 0.5) is 5.82 Å². The Hall–Kier alpha value is -1.51. The third-order valence-corrected chi connectivity index (χ3v) is 3.71. The molecule has 3 heteroatoms. The zero-order valence-corrected chi connectivity index (χ0v) is 10.5. The van der Waals surface area contributed by atoms with Gasteiger partial charge in [0.25, 0.3) is 0 Å². The van der Waals surface area contributed by atoms with E-state index >= 15 is 0 Å². The van der Waals surface area contributed by atoms with E-state index in [-0.39, 0.29) is 0 Å². The molecule has 17 heavy (non-hydrogen) atoms. The number of imidazole rings is 1. The molecule has 1 aliphatic rings. The molecule has 0 radical (unpaired) electrons. The van der Waals surface area contributed by atoms with E-state index in [0.717, 1.165) is 11.3 Å². The van der Waals surface area contributed by atoms with Crippen LogP contribution in [-0.2, 0) is 0 Å². The molecule has 1 saturated carbocycles. The summed E-state index contributed by atoms with van der Waals surface area (Å²) in [7, 11) is 0. The van der Waals surface area contributed by atoms with Crippen molar-refractivity contribution in [3.63, 3.8) is 0 Å². The van der Waals surface area contributed by atoms with Gasteiger partial charge < -0.3 is 5.32 Å². The van der Waals surface area contributed by atoms with E-state index in [1.165, 1.54) is 37.2 Å². The first kappa shape index (κ1) is 10.6. The van der Waals surface area contributed by atoms with Gasteiger partial charge in [-0.05, 0) is 38.8 Å². The zero-order chi connectivity index (χ0) is 11.8. The Bertz CT molecular complexity index is 536. The van der Waals surface area contributed by atoms with Crippen LogP contribution in [0.1, 0.15) is 37.1 Å². The fraction of sp³-hybridized carbons (Fsp3) is 0.500. The third kappa shape index (κ3) is 1.79. The van der Waals surface area contributed by atoms with Gasteiger partial charge in [0, 0.05) is 11.7 Å². The predicted molar refractivity (Wildman–Crippen MR) is 70.5 cm³/mol. The van der Waals surface area contributed by atoms with Gasteiger partial charge in [0.05, 0.1) is 5.69 Å². The second-order valence-electron chi connectivity index (χ2n) is 5.03. The van der Waals surface area contributed by atoms with Crippen molar-refractivity contribution in [3.8, 4) is 0 Å². The van der Waals surface area contributed by atoms with Crippen molar-refractivity contribution in [2.24, 2.45) is 0 Å². The van der Waals surface area contributed by atoms with E-state index in [9.17, 15) is 0 Å². The van der Waals surface area contributed by atoms with Gasteiger partial charge >= 0.3 is 0 Å². The number of aryl methyl sites for hydroxylation is 2. The first-order valence-corrected chi connectivity index (χ1v) is 6.47. The molecule has 3 nitrogen and oxygen atoms in total. The lowest BCUT2D eigenvalue weighted by atomic mass is 10.2. The van der Waals surface area contributed by atoms with E-state index in [1.54, 1.807) is 0 Å². The molecule has 0 saturated heterocycles. The summed E-state index contributed by atoms with van der Waals surface area (Å²) in [6.07, 6.45) is 5.29. The Balaban J connectivity index is 2.04. The molecule has 3 rings (SSSR count). The number of aromatic nitrogens is 2. The van der Waals surface area contributed by atoms with Gasteiger partial charge in [-0.2, -0.15) is 0 Å². The highest BCUT2D eigenvalue weighted by Crippen LogP contribution is 2.25. The normalized spacial score (nSPS) is 16.8. The molecule has 0 amide bonds. The molecule has 1 N–H and O–H groups in total. The maximum Gasteiger partial charge on any atom is 0.138 e. The highest BCUT2D eigenvalue weighted by atomic mass is 15.2. The van der Waals surface area contributed by atoms with Crippen molar-refractivity contribution >= 4 is 11.5 Å². The number of anilines is 1. The molecule has 0 bridgehead atoms. The fourth-order valence-corrected chi connectivity index (χ4v) is 2.80. The summed E-state index contributed by atoms with van der Waals surface area (Å²) in [6, 6.07) is 6.90. The topological polar surface area (TPSA) is 29.3 Å². The highest BCUT2D eigenvalue weighted by molar-refractivity contribution is 5.56. The molecular formula is C14H19N3. The average Bonchev–Trinajstić information content (AvgIpc) is 2.89. The van der Waals surface area contributed by atoms with Crippen LogP contribution < -0.4 is 5.32 Å². The van der Waals surface area contributed by atoms with Gasteiger partial charge in [-0.25, -0.2) is 4.98 Å². The van der Waals surface area contributed by atoms with E-state index in [0.29, 0.717) is 6.04 Å². The molecule has 0 unspecified atom stereocenters. The Morgan fingerprint density at radius 2 is 2.00 bits per heavy atom. The summed E-state index contributed by atoms with van der Waals surface area (Å²) >= 11 is 0. The van der Waals surface area contributed by atoms with Crippen molar-refractivity contribution in [2.75, 3.05) is 5.32 Å². The Labute approximate surface area is 102 Å². The van der Waals surface area contributed by atoms with Crippen LogP contribution in [0.15, 0.2) is 18.2 Å². The number of hydrogen-bond donors (Lipinski definition) is 1. The van der Waals surface area contributed by atoms with Crippen LogP contribution in [0.2, 0.25) is 0 Å². The number of nitrogens with zero attached hydrogens (tertiary/aromatic N) is 2. The first-order chi connectivity index (χ1) is 8.25. The van der Waals surface area contributed by atoms with Gasteiger partial charge in [0.2, 0.25) is 0 Å². The lowest BCUT2D eigenvalue weighted by Crippen LogP contribution is -2.17. The predicted octanol–water partition coefficient (Wildman–Crippen LogP) is 3.31. The largest absolute Gasteiger partial charge is 0.367 e. The summed E-state index contributed by atoms with van der Waals surface area (Å²) in [5.41, 5.74) is 3.39. The standard InChI is InChI=1S/C14H19N3/c1-10-6-5-9-13-15-11(2)14(17(10)13)16-12-7-3-4-8-12/h5-6,9,12,16H,3-4,7-8H2,1-2H3. The molecule has 90 valence electrons. The highest BCUT2D eigenvalue weighted by Gasteiger charge is 2.18. The van der Waals surface area contributed by atoms with E-state index in [1.807, 2.05) is 0 Å². The molecule has 0 aliphatic heterocycles. The van der Waals surface area contributed by atoms with E-state index in [2.05, 4.69) is 46.7 Å². The number of rotatable bonds is 2. The zero-order valence-electron chi connectivity index (χ0n) is 10.5. The van der Waals surface area contributed by atoms with E-state index in [4.69, 9.17) is 0 Å². The van der Waals surface area contributed by atoms with Gasteiger partial charge in [-0.15, -0.1) is 0 Å². The van der Waals surface area contributed by atoms with Crippen molar-refractivity contribution < 1.29 is 0 Å². The van der Waals surface area contributed by atoms with Crippen LogP contribution in [0.25, 0.3) is 5.65 Å². The summed E-state index contributed by atoms with van der Waals surface area (Å²) in [5.74, 6) is 1.19. The molecule has 2 aromatic rings. The monoisotopic (exact) mass is 229 g/mol. The van der Waals surface area contributed by atoms with Crippen LogP contribution in [0.5, 0.6) is 0 Å². The molecule has 0 atom stereocenters. The minimum Gasteiger partial charge on any atom is -0.367 e. The Morgan fingerprint density at radius 3 is 2.76 bits per heavy atom. The maximum atomic E-state index is 4.62.